The van der Waals surface area contributed by atoms with E-state index < -0.39 is 5.97 Å². The number of unbranched alkanes of at least 4 members (excludes halogenated alkanes) is 1. The van der Waals surface area contributed by atoms with Crippen LogP contribution in [-0.2, 0) is 0 Å². The summed E-state index contributed by atoms with van der Waals surface area (Å²) in [6, 6.07) is 5.22. The minimum Gasteiger partial charge on any atom is -0.478 e. The summed E-state index contributed by atoms with van der Waals surface area (Å²) in [5, 5.41) is 9.50. The van der Waals surface area contributed by atoms with Crippen molar-refractivity contribution in [1.29, 1.82) is 0 Å². The van der Waals surface area contributed by atoms with Gasteiger partial charge in [-0.25, -0.2) is 4.79 Å². The summed E-state index contributed by atoms with van der Waals surface area (Å²) in [6.07, 6.45) is 2.12. The zero-order valence-electron chi connectivity index (χ0n) is 10.2. The van der Waals surface area contributed by atoms with E-state index in [1.165, 1.54) is 0 Å². The average Bonchev–Trinajstić information content (AvgIpc) is 2.29. The smallest absolute Gasteiger partial charge is 0.339 e. The Bertz CT molecular complexity index is 393. The van der Waals surface area contributed by atoms with E-state index in [1.807, 2.05) is 13.0 Å². The van der Waals surface area contributed by atoms with E-state index in [9.17, 15) is 9.90 Å². The van der Waals surface area contributed by atoms with E-state index in [0.29, 0.717) is 10.7 Å². The van der Waals surface area contributed by atoms with Crippen molar-refractivity contribution in [2.45, 2.75) is 26.7 Å². The van der Waals surface area contributed by atoms with Gasteiger partial charge in [-0.3, -0.25) is 0 Å². The minimum absolute atomic E-state index is 0.201. The summed E-state index contributed by atoms with van der Waals surface area (Å²) < 4.78 is 0. The molecule has 0 spiro atoms. The highest BCUT2D eigenvalue weighted by atomic mass is 35.5. The van der Waals surface area contributed by atoms with Gasteiger partial charge in [0.15, 0.2) is 0 Å². The summed E-state index contributed by atoms with van der Waals surface area (Å²) in [4.78, 5) is 13.3. The standard InChI is InChI=1S/C13H18ClNO2/c1-3-5-9-15(4-2)11-8-6-7-10(14)12(11)13(16)17/h6-8H,3-5,9H2,1-2H3,(H,16,17). The monoisotopic (exact) mass is 255 g/mol. The molecule has 0 amide bonds. The molecular weight excluding hydrogens is 238 g/mol. The first-order chi connectivity index (χ1) is 8.11. The van der Waals surface area contributed by atoms with Crippen molar-refractivity contribution >= 4 is 23.3 Å². The summed E-state index contributed by atoms with van der Waals surface area (Å²) >= 11 is 5.95. The van der Waals surface area contributed by atoms with Crippen LogP contribution in [0.3, 0.4) is 0 Å². The van der Waals surface area contributed by atoms with Crippen molar-refractivity contribution in [3.63, 3.8) is 0 Å². The molecule has 0 aliphatic heterocycles. The Morgan fingerprint density at radius 2 is 2.12 bits per heavy atom. The Morgan fingerprint density at radius 3 is 2.65 bits per heavy atom. The van der Waals surface area contributed by atoms with Crippen molar-refractivity contribution in [2.24, 2.45) is 0 Å². The number of hydrogen-bond acceptors (Lipinski definition) is 2. The fourth-order valence-corrected chi connectivity index (χ4v) is 2.04. The highest BCUT2D eigenvalue weighted by molar-refractivity contribution is 6.34. The van der Waals surface area contributed by atoms with Crippen molar-refractivity contribution in [3.05, 3.63) is 28.8 Å². The molecule has 1 N–H and O–H groups in total. The summed E-state index contributed by atoms with van der Waals surface area (Å²) in [7, 11) is 0. The van der Waals surface area contributed by atoms with Crippen LogP contribution in [0.4, 0.5) is 5.69 Å². The van der Waals surface area contributed by atoms with Crippen LogP contribution < -0.4 is 4.90 Å². The molecule has 94 valence electrons. The molecule has 0 radical (unpaired) electrons. The highest BCUT2D eigenvalue weighted by Crippen LogP contribution is 2.27. The maximum Gasteiger partial charge on any atom is 0.339 e. The van der Waals surface area contributed by atoms with Crippen molar-refractivity contribution in [1.82, 2.24) is 0 Å². The molecule has 0 unspecified atom stereocenters. The molecule has 0 saturated carbocycles. The first-order valence-electron chi connectivity index (χ1n) is 5.88. The van der Waals surface area contributed by atoms with Crippen LogP contribution in [0, 0.1) is 0 Å². The molecule has 0 bridgehead atoms. The minimum atomic E-state index is -0.972. The van der Waals surface area contributed by atoms with Crippen LogP contribution in [-0.4, -0.2) is 24.2 Å². The molecular formula is C13H18ClNO2. The van der Waals surface area contributed by atoms with E-state index >= 15 is 0 Å². The summed E-state index contributed by atoms with van der Waals surface area (Å²) in [5.41, 5.74) is 0.910. The van der Waals surface area contributed by atoms with Gasteiger partial charge in [0.1, 0.15) is 5.56 Å². The number of carbonyl (C=O) groups is 1. The lowest BCUT2D eigenvalue weighted by Gasteiger charge is -2.24. The lowest BCUT2D eigenvalue weighted by Crippen LogP contribution is -2.26. The van der Waals surface area contributed by atoms with Crippen LogP contribution in [0.15, 0.2) is 18.2 Å². The molecule has 1 rings (SSSR count). The normalized spacial score (nSPS) is 10.3. The maximum absolute atomic E-state index is 11.2. The summed E-state index contributed by atoms with van der Waals surface area (Å²) in [6.45, 7) is 5.76. The second kappa shape index (κ2) is 6.50. The Morgan fingerprint density at radius 1 is 1.41 bits per heavy atom. The van der Waals surface area contributed by atoms with Crippen LogP contribution in [0.2, 0.25) is 5.02 Å². The number of rotatable bonds is 6. The van der Waals surface area contributed by atoms with Gasteiger partial charge in [-0.15, -0.1) is 0 Å². The highest BCUT2D eigenvalue weighted by Gasteiger charge is 2.17. The third-order valence-corrected chi connectivity index (χ3v) is 3.02. The SMILES string of the molecule is CCCCN(CC)c1cccc(Cl)c1C(=O)O. The third kappa shape index (κ3) is 3.37. The van der Waals surface area contributed by atoms with E-state index in [-0.39, 0.29) is 5.56 Å². The number of halogens is 1. The van der Waals surface area contributed by atoms with Crippen LogP contribution in [0.25, 0.3) is 0 Å². The van der Waals surface area contributed by atoms with Gasteiger partial charge in [0.2, 0.25) is 0 Å². The zero-order chi connectivity index (χ0) is 12.8. The predicted octanol–water partition coefficient (Wildman–Crippen LogP) is 3.66. The number of carboxylic acid groups (broad SMARTS) is 1. The number of benzene rings is 1. The molecule has 1 aromatic carbocycles. The quantitative estimate of drug-likeness (QED) is 0.843. The first-order valence-corrected chi connectivity index (χ1v) is 6.26. The molecule has 0 saturated heterocycles. The van der Waals surface area contributed by atoms with Crippen LogP contribution in [0.5, 0.6) is 0 Å². The van der Waals surface area contributed by atoms with E-state index in [1.54, 1.807) is 12.1 Å². The summed E-state index contributed by atoms with van der Waals surface area (Å²) in [5.74, 6) is -0.972. The lowest BCUT2D eigenvalue weighted by molar-refractivity contribution is 0.0697. The molecule has 0 aromatic heterocycles. The maximum atomic E-state index is 11.2. The van der Waals surface area contributed by atoms with Gasteiger partial charge in [0, 0.05) is 13.1 Å². The van der Waals surface area contributed by atoms with Crippen molar-refractivity contribution < 1.29 is 9.90 Å². The van der Waals surface area contributed by atoms with Gasteiger partial charge < -0.3 is 10.0 Å². The largest absolute Gasteiger partial charge is 0.478 e. The first kappa shape index (κ1) is 13.8. The predicted molar refractivity (Wildman–Crippen MR) is 71.2 cm³/mol. The number of nitrogens with zero attached hydrogens (tertiary/aromatic N) is 1. The molecule has 3 nitrogen and oxygen atoms in total. The zero-order valence-corrected chi connectivity index (χ0v) is 11.0. The van der Waals surface area contributed by atoms with Crippen LogP contribution in [0.1, 0.15) is 37.0 Å². The molecule has 0 aliphatic carbocycles. The Kier molecular flexibility index (Phi) is 5.29. The van der Waals surface area contributed by atoms with E-state index in [0.717, 1.165) is 25.9 Å². The van der Waals surface area contributed by atoms with Crippen molar-refractivity contribution in [3.8, 4) is 0 Å². The van der Waals surface area contributed by atoms with Gasteiger partial charge in [-0.2, -0.15) is 0 Å². The number of aromatic carboxylic acids is 1. The molecule has 17 heavy (non-hydrogen) atoms. The second-order valence-corrected chi connectivity index (χ2v) is 4.28. The van der Waals surface area contributed by atoms with Gasteiger partial charge in [0.05, 0.1) is 10.7 Å². The number of anilines is 1. The molecule has 0 aliphatic rings. The third-order valence-electron chi connectivity index (χ3n) is 2.71. The second-order valence-electron chi connectivity index (χ2n) is 3.87. The molecule has 0 fully saturated rings. The molecule has 0 heterocycles. The fraction of sp³-hybridized carbons (Fsp3) is 0.462. The van der Waals surface area contributed by atoms with Gasteiger partial charge in [-0.1, -0.05) is 31.0 Å². The Hall–Kier alpha value is -1.22. The van der Waals surface area contributed by atoms with Crippen LogP contribution >= 0.6 is 11.6 Å². The van der Waals surface area contributed by atoms with Gasteiger partial charge in [0.25, 0.3) is 0 Å². The molecule has 0 atom stereocenters. The van der Waals surface area contributed by atoms with Crippen molar-refractivity contribution in [2.75, 3.05) is 18.0 Å². The van der Waals surface area contributed by atoms with Gasteiger partial charge >= 0.3 is 5.97 Å². The molecule has 4 heteroatoms. The number of carboxylic acids is 1. The Labute approximate surface area is 107 Å². The average molecular weight is 256 g/mol. The van der Waals surface area contributed by atoms with E-state index in [4.69, 9.17) is 11.6 Å². The van der Waals surface area contributed by atoms with E-state index in [2.05, 4.69) is 11.8 Å². The Balaban J connectivity index is 3.09. The van der Waals surface area contributed by atoms with Gasteiger partial charge in [-0.05, 0) is 25.5 Å². The number of hydrogen-bond donors (Lipinski definition) is 1. The fourth-order valence-electron chi connectivity index (χ4n) is 1.79. The topological polar surface area (TPSA) is 40.5 Å². The molecule has 1 aromatic rings. The lowest BCUT2D eigenvalue weighted by atomic mass is 10.1.